The molecule has 2 heterocycles. The van der Waals surface area contributed by atoms with Gasteiger partial charge in [-0.05, 0) is 30.9 Å². The third-order valence-electron chi connectivity index (χ3n) is 2.86. The van der Waals surface area contributed by atoms with E-state index in [2.05, 4.69) is 20.3 Å². The molecule has 0 aliphatic heterocycles. The average molecular weight is 232 g/mol. The Labute approximate surface area is 96.5 Å². The van der Waals surface area contributed by atoms with Gasteiger partial charge in [0.1, 0.15) is 5.69 Å². The molecular formula is C11H12N4O2. The Kier molecular flexibility index (Phi) is 2.21. The molecule has 1 aliphatic carbocycles. The minimum atomic E-state index is -0.317. The van der Waals surface area contributed by atoms with Crippen molar-refractivity contribution in [1.29, 1.82) is 0 Å². The van der Waals surface area contributed by atoms with Crippen molar-refractivity contribution < 1.29 is 4.79 Å². The highest BCUT2D eigenvalue weighted by molar-refractivity contribution is 5.93. The van der Waals surface area contributed by atoms with Crippen molar-refractivity contribution in [2.45, 2.75) is 12.8 Å². The average Bonchev–Trinajstić information content (AvgIpc) is 3.06. The summed E-state index contributed by atoms with van der Waals surface area (Å²) in [6.45, 7) is 0.711. The van der Waals surface area contributed by atoms with Gasteiger partial charge in [-0.2, -0.15) is 0 Å². The predicted molar refractivity (Wildman–Crippen MR) is 61.8 cm³/mol. The molecule has 0 unspecified atom stereocenters. The first-order chi connectivity index (χ1) is 8.22. The molecule has 0 aromatic carbocycles. The highest BCUT2D eigenvalue weighted by atomic mass is 16.2. The maximum atomic E-state index is 11.8. The lowest BCUT2D eigenvalue weighted by Crippen LogP contribution is -2.26. The summed E-state index contributed by atoms with van der Waals surface area (Å²) in [5.74, 6) is 0.440. The van der Waals surface area contributed by atoms with E-state index in [1.807, 2.05) is 0 Å². The molecule has 1 fully saturated rings. The zero-order chi connectivity index (χ0) is 11.8. The smallest absolute Gasteiger partial charge is 0.325 e. The molecule has 0 saturated heterocycles. The maximum absolute atomic E-state index is 11.8. The minimum Gasteiger partial charge on any atom is -0.350 e. The van der Waals surface area contributed by atoms with Crippen molar-refractivity contribution >= 4 is 17.1 Å². The summed E-state index contributed by atoms with van der Waals surface area (Å²) < 4.78 is 0. The number of amides is 1. The first-order valence-corrected chi connectivity index (χ1v) is 5.59. The first-order valence-electron chi connectivity index (χ1n) is 5.59. The molecular weight excluding hydrogens is 220 g/mol. The summed E-state index contributed by atoms with van der Waals surface area (Å²) in [5.41, 5.74) is 1.03. The van der Waals surface area contributed by atoms with Gasteiger partial charge in [-0.3, -0.25) is 9.78 Å². The zero-order valence-electron chi connectivity index (χ0n) is 9.12. The van der Waals surface area contributed by atoms with Crippen LogP contribution in [0.1, 0.15) is 23.3 Å². The van der Waals surface area contributed by atoms with E-state index in [0.29, 0.717) is 29.3 Å². The molecule has 0 radical (unpaired) electrons. The van der Waals surface area contributed by atoms with Crippen LogP contribution in [0.25, 0.3) is 11.2 Å². The molecule has 1 amide bonds. The maximum Gasteiger partial charge on any atom is 0.325 e. The summed E-state index contributed by atoms with van der Waals surface area (Å²) >= 11 is 0. The van der Waals surface area contributed by atoms with Crippen molar-refractivity contribution in [2.75, 3.05) is 6.54 Å². The quantitative estimate of drug-likeness (QED) is 0.715. The van der Waals surface area contributed by atoms with Crippen molar-refractivity contribution in [2.24, 2.45) is 5.92 Å². The number of hydrogen-bond acceptors (Lipinski definition) is 3. The number of pyridine rings is 1. The molecule has 3 N–H and O–H groups in total. The number of imidazole rings is 1. The summed E-state index contributed by atoms with van der Waals surface area (Å²) in [6.07, 6.45) is 2.38. The Morgan fingerprint density at radius 3 is 3.00 bits per heavy atom. The molecule has 0 bridgehead atoms. The monoisotopic (exact) mass is 232 g/mol. The lowest BCUT2D eigenvalue weighted by molar-refractivity contribution is 0.0947. The van der Waals surface area contributed by atoms with E-state index < -0.39 is 0 Å². The molecule has 6 nitrogen and oxygen atoms in total. The standard InChI is InChI=1S/C11H12N4O2/c16-10(12-5-6-1-2-6)8-4-3-7-9(13-8)15-11(17)14-7/h3-4,6H,1-2,5H2,(H,12,16)(H2,13,14,15,17). The Morgan fingerprint density at radius 1 is 1.41 bits per heavy atom. The normalized spacial score (nSPS) is 15.1. The number of carbonyl (C=O) groups is 1. The highest BCUT2D eigenvalue weighted by Gasteiger charge is 2.22. The van der Waals surface area contributed by atoms with Crippen LogP contribution in [0.5, 0.6) is 0 Å². The fourth-order valence-electron chi connectivity index (χ4n) is 1.69. The van der Waals surface area contributed by atoms with Gasteiger partial charge in [0.2, 0.25) is 0 Å². The van der Waals surface area contributed by atoms with E-state index >= 15 is 0 Å². The van der Waals surface area contributed by atoms with E-state index in [-0.39, 0.29) is 11.6 Å². The van der Waals surface area contributed by atoms with Crippen LogP contribution in [-0.4, -0.2) is 27.4 Å². The minimum absolute atomic E-state index is 0.194. The SMILES string of the molecule is O=C(NCC1CC1)c1ccc2[nH]c(=O)[nH]c2n1. The van der Waals surface area contributed by atoms with Crippen molar-refractivity contribution in [3.05, 3.63) is 28.3 Å². The molecule has 2 aromatic heterocycles. The first kappa shape index (κ1) is 10.1. The summed E-state index contributed by atoms with van der Waals surface area (Å²) in [5, 5.41) is 2.83. The summed E-state index contributed by atoms with van der Waals surface area (Å²) in [6, 6.07) is 3.28. The van der Waals surface area contributed by atoms with Crippen molar-refractivity contribution in [3.8, 4) is 0 Å². The number of aromatic nitrogens is 3. The van der Waals surface area contributed by atoms with E-state index in [0.717, 1.165) is 0 Å². The fourth-order valence-corrected chi connectivity index (χ4v) is 1.69. The second-order valence-corrected chi connectivity index (χ2v) is 4.33. The Balaban J connectivity index is 1.83. The van der Waals surface area contributed by atoms with Gasteiger partial charge >= 0.3 is 5.69 Å². The zero-order valence-corrected chi connectivity index (χ0v) is 9.12. The summed E-state index contributed by atoms with van der Waals surface area (Å²) in [7, 11) is 0. The van der Waals surface area contributed by atoms with Gasteiger partial charge in [0.25, 0.3) is 5.91 Å². The van der Waals surface area contributed by atoms with Crippen LogP contribution < -0.4 is 11.0 Å². The largest absolute Gasteiger partial charge is 0.350 e. The van der Waals surface area contributed by atoms with Gasteiger partial charge < -0.3 is 10.3 Å². The van der Waals surface area contributed by atoms with Crippen molar-refractivity contribution in [1.82, 2.24) is 20.3 Å². The molecule has 0 spiro atoms. The van der Waals surface area contributed by atoms with Crippen LogP contribution in [0, 0.1) is 5.92 Å². The molecule has 1 aliphatic rings. The van der Waals surface area contributed by atoms with Crippen LogP contribution >= 0.6 is 0 Å². The molecule has 1 saturated carbocycles. The predicted octanol–water partition coefficient (Wildman–Crippen LogP) is 0.391. The Morgan fingerprint density at radius 2 is 2.24 bits per heavy atom. The lowest BCUT2D eigenvalue weighted by Gasteiger charge is -2.02. The lowest BCUT2D eigenvalue weighted by atomic mass is 10.3. The Hall–Kier alpha value is -2.11. The topological polar surface area (TPSA) is 90.6 Å². The van der Waals surface area contributed by atoms with Crippen LogP contribution in [0.2, 0.25) is 0 Å². The third-order valence-corrected chi connectivity index (χ3v) is 2.86. The number of H-pyrrole nitrogens is 2. The van der Waals surface area contributed by atoms with E-state index in [4.69, 9.17) is 0 Å². The van der Waals surface area contributed by atoms with E-state index in [1.54, 1.807) is 12.1 Å². The van der Waals surface area contributed by atoms with Gasteiger partial charge in [0.15, 0.2) is 5.65 Å². The van der Waals surface area contributed by atoms with Crippen molar-refractivity contribution in [3.63, 3.8) is 0 Å². The second-order valence-electron chi connectivity index (χ2n) is 4.33. The fraction of sp³-hybridized carbons (Fsp3) is 0.364. The Bertz CT molecular complexity index is 624. The van der Waals surface area contributed by atoms with Gasteiger partial charge in [-0.15, -0.1) is 0 Å². The molecule has 88 valence electrons. The molecule has 2 aromatic rings. The second kappa shape index (κ2) is 3.73. The van der Waals surface area contributed by atoms with Crippen LogP contribution in [-0.2, 0) is 0 Å². The molecule has 3 rings (SSSR count). The van der Waals surface area contributed by atoms with Crippen LogP contribution in [0.3, 0.4) is 0 Å². The van der Waals surface area contributed by atoms with Crippen LogP contribution in [0.15, 0.2) is 16.9 Å². The summed E-state index contributed by atoms with van der Waals surface area (Å²) in [4.78, 5) is 32.0. The highest BCUT2D eigenvalue weighted by Crippen LogP contribution is 2.27. The number of carbonyl (C=O) groups excluding carboxylic acids is 1. The molecule has 6 heteroatoms. The van der Waals surface area contributed by atoms with Gasteiger partial charge in [0.05, 0.1) is 5.52 Å². The van der Waals surface area contributed by atoms with Gasteiger partial charge in [-0.25, -0.2) is 9.78 Å². The number of rotatable bonds is 3. The number of nitrogens with one attached hydrogen (secondary N) is 3. The number of hydrogen-bond donors (Lipinski definition) is 3. The molecule has 0 atom stereocenters. The molecule has 17 heavy (non-hydrogen) atoms. The van der Waals surface area contributed by atoms with Crippen LogP contribution in [0.4, 0.5) is 0 Å². The van der Waals surface area contributed by atoms with E-state index in [1.165, 1.54) is 12.8 Å². The number of nitrogens with zero attached hydrogens (tertiary/aromatic N) is 1. The third kappa shape index (κ3) is 2.06. The number of aromatic amines is 2. The van der Waals surface area contributed by atoms with E-state index in [9.17, 15) is 9.59 Å². The number of fused-ring (bicyclic) bond motifs is 1. The van der Waals surface area contributed by atoms with Gasteiger partial charge in [-0.1, -0.05) is 0 Å². The van der Waals surface area contributed by atoms with Gasteiger partial charge in [0, 0.05) is 6.54 Å².